The van der Waals surface area contributed by atoms with E-state index in [4.69, 9.17) is 0 Å². The maximum absolute atomic E-state index is 3.83. The predicted molar refractivity (Wildman–Crippen MR) is 93.8 cm³/mol. The van der Waals surface area contributed by atoms with Gasteiger partial charge in [0, 0.05) is 29.3 Å². The molecule has 1 aliphatic carbocycles. The first-order valence-corrected chi connectivity index (χ1v) is 10.1. The van der Waals surface area contributed by atoms with Crippen LogP contribution in [0.2, 0.25) is 0 Å². The highest BCUT2D eigenvalue weighted by Crippen LogP contribution is 2.38. The van der Waals surface area contributed by atoms with Gasteiger partial charge in [0.15, 0.2) is 0 Å². The summed E-state index contributed by atoms with van der Waals surface area (Å²) >= 11 is 5.73. The zero-order chi connectivity index (χ0) is 14.4. The molecule has 0 aliphatic heterocycles. The second kappa shape index (κ2) is 7.95. The summed E-state index contributed by atoms with van der Waals surface area (Å²) < 4.78 is 0. The number of hydrogen-bond acceptors (Lipinski definition) is 2. The summed E-state index contributed by atoms with van der Waals surface area (Å²) in [6, 6.07) is 5.32. The quantitative estimate of drug-likeness (QED) is 0.485. The molecule has 1 aromatic heterocycles. The van der Waals surface area contributed by atoms with Crippen LogP contribution in [0.3, 0.4) is 0 Å². The molecule has 1 aromatic rings. The third-order valence-corrected chi connectivity index (χ3v) is 6.44. The first-order chi connectivity index (χ1) is 9.73. The third kappa shape index (κ3) is 4.57. The summed E-state index contributed by atoms with van der Waals surface area (Å²) in [7, 11) is 0. The fourth-order valence-electron chi connectivity index (χ4n) is 3.31. The van der Waals surface area contributed by atoms with Gasteiger partial charge in [-0.05, 0) is 42.5 Å². The molecule has 0 amide bonds. The van der Waals surface area contributed by atoms with E-state index >= 15 is 0 Å². The van der Waals surface area contributed by atoms with E-state index < -0.39 is 0 Å². The molecule has 20 heavy (non-hydrogen) atoms. The van der Waals surface area contributed by atoms with Gasteiger partial charge in [0.25, 0.3) is 0 Å². The average Bonchev–Trinajstić information content (AvgIpc) is 3.17. The largest absolute Gasteiger partial charge is 0.295 e. The molecule has 0 N–H and O–H groups in total. The van der Waals surface area contributed by atoms with Crippen LogP contribution in [0.4, 0.5) is 0 Å². The highest BCUT2D eigenvalue weighted by molar-refractivity contribution is 9.09. The van der Waals surface area contributed by atoms with Gasteiger partial charge >= 0.3 is 0 Å². The van der Waals surface area contributed by atoms with Gasteiger partial charge in [-0.1, -0.05) is 48.7 Å². The van der Waals surface area contributed by atoms with Gasteiger partial charge < -0.3 is 0 Å². The summed E-state index contributed by atoms with van der Waals surface area (Å²) in [5.41, 5.74) is 0.476. The Morgan fingerprint density at radius 2 is 2.00 bits per heavy atom. The molecule has 0 saturated heterocycles. The molecule has 114 valence electrons. The van der Waals surface area contributed by atoms with Crippen molar-refractivity contribution in [2.75, 3.05) is 11.9 Å². The molecule has 3 heteroatoms. The molecule has 1 saturated carbocycles. The minimum absolute atomic E-state index is 0.476. The van der Waals surface area contributed by atoms with Crippen LogP contribution in [0.25, 0.3) is 0 Å². The SMILES string of the molecule is CCCC(CBr)(CCC)CN(Cc1cccs1)C1CC1. The molecule has 1 heterocycles. The minimum atomic E-state index is 0.476. The predicted octanol–water partition coefficient (Wildman–Crippen LogP) is 5.69. The Labute approximate surface area is 136 Å². The Morgan fingerprint density at radius 1 is 1.30 bits per heavy atom. The number of alkyl halides is 1. The van der Waals surface area contributed by atoms with E-state index in [9.17, 15) is 0 Å². The van der Waals surface area contributed by atoms with Crippen LogP contribution < -0.4 is 0 Å². The van der Waals surface area contributed by atoms with Gasteiger partial charge in [-0.3, -0.25) is 4.90 Å². The second-order valence-corrected chi connectivity index (χ2v) is 7.94. The van der Waals surface area contributed by atoms with Crippen LogP contribution >= 0.6 is 27.3 Å². The van der Waals surface area contributed by atoms with Gasteiger partial charge in [0.2, 0.25) is 0 Å². The fraction of sp³-hybridized carbons (Fsp3) is 0.765. The van der Waals surface area contributed by atoms with Crippen molar-refractivity contribution in [2.45, 2.75) is 65.0 Å². The van der Waals surface area contributed by atoms with Crippen LogP contribution in [-0.4, -0.2) is 22.8 Å². The highest BCUT2D eigenvalue weighted by Gasteiger charge is 2.36. The van der Waals surface area contributed by atoms with Gasteiger partial charge in [0.05, 0.1) is 0 Å². The number of rotatable bonds is 10. The van der Waals surface area contributed by atoms with Gasteiger partial charge in [-0.15, -0.1) is 11.3 Å². The molecular weight excluding hydrogens is 330 g/mol. The number of thiophene rings is 1. The van der Waals surface area contributed by atoms with E-state index in [2.05, 4.69) is 52.2 Å². The standard InChI is InChI=1S/C17H28BrNS/c1-3-9-17(13-18,10-4-2)14-19(15-7-8-15)12-16-6-5-11-20-16/h5-6,11,15H,3-4,7-10,12-14H2,1-2H3. The normalized spacial score (nSPS) is 16.0. The summed E-state index contributed by atoms with van der Waals surface area (Å²) in [6.45, 7) is 7.08. The zero-order valence-corrected chi connectivity index (χ0v) is 15.3. The van der Waals surface area contributed by atoms with E-state index in [-0.39, 0.29) is 0 Å². The summed E-state index contributed by atoms with van der Waals surface area (Å²) in [6.07, 6.45) is 8.09. The van der Waals surface area contributed by atoms with E-state index in [1.807, 2.05) is 11.3 Å². The molecule has 0 unspecified atom stereocenters. The smallest absolute Gasteiger partial charge is 0.0331 e. The van der Waals surface area contributed by atoms with Crippen molar-refractivity contribution in [2.24, 2.45) is 5.41 Å². The number of nitrogens with zero attached hydrogens (tertiary/aromatic N) is 1. The lowest BCUT2D eigenvalue weighted by molar-refractivity contribution is 0.135. The van der Waals surface area contributed by atoms with Crippen LogP contribution in [0, 0.1) is 5.41 Å². The van der Waals surface area contributed by atoms with Crippen LogP contribution in [-0.2, 0) is 6.54 Å². The summed E-state index contributed by atoms with van der Waals surface area (Å²) in [5.74, 6) is 0. The molecule has 0 spiro atoms. The van der Waals surface area contributed by atoms with Crippen LogP contribution in [0.5, 0.6) is 0 Å². The molecule has 0 atom stereocenters. The lowest BCUT2D eigenvalue weighted by Gasteiger charge is -2.37. The summed E-state index contributed by atoms with van der Waals surface area (Å²) in [5, 5.41) is 3.35. The van der Waals surface area contributed by atoms with Crippen molar-refractivity contribution in [3.8, 4) is 0 Å². The van der Waals surface area contributed by atoms with Gasteiger partial charge in [-0.25, -0.2) is 0 Å². The minimum Gasteiger partial charge on any atom is -0.295 e. The van der Waals surface area contributed by atoms with E-state index in [1.165, 1.54) is 49.9 Å². The average molecular weight is 358 g/mol. The molecular formula is C17H28BrNS. The Hall–Kier alpha value is 0.140. The maximum atomic E-state index is 3.83. The maximum Gasteiger partial charge on any atom is 0.0331 e. The molecule has 1 fully saturated rings. The van der Waals surface area contributed by atoms with E-state index in [0.29, 0.717) is 5.41 Å². The van der Waals surface area contributed by atoms with E-state index in [0.717, 1.165) is 17.9 Å². The van der Waals surface area contributed by atoms with Crippen molar-refractivity contribution in [3.05, 3.63) is 22.4 Å². The lowest BCUT2D eigenvalue weighted by Crippen LogP contribution is -2.40. The molecule has 0 radical (unpaired) electrons. The Kier molecular flexibility index (Phi) is 6.57. The second-order valence-electron chi connectivity index (χ2n) is 6.35. The Bertz CT molecular complexity index is 366. The summed E-state index contributed by atoms with van der Waals surface area (Å²) in [4.78, 5) is 4.28. The van der Waals surface area contributed by atoms with E-state index in [1.54, 1.807) is 0 Å². The monoisotopic (exact) mass is 357 g/mol. The lowest BCUT2D eigenvalue weighted by atomic mass is 9.80. The number of halogens is 1. The Morgan fingerprint density at radius 3 is 2.45 bits per heavy atom. The van der Waals surface area contributed by atoms with Crippen molar-refractivity contribution in [3.63, 3.8) is 0 Å². The molecule has 0 bridgehead atoms. The highest BCUT2D eigenvalue weighted by atomic mass is 79.9. The molecule has 0 aromatic carbocycles. The van der Waals surface area contributed by atoms with Crippen molar-refractivity contribution in [1.29, 1.82) is 0 Å². The first-order valence-electron chi connectivity index (χ1n) is 8.05. The zero-order valence-electron chi connectivity index (χ0n) is 12.9. The molecule has 2 rings (SSSR count). The van der Waals surface area contributed by atoms with Crippen molar-refractivity contribution >= 4 is 27.3 Å². The van der Waals surface area contributed by atoms with Gasteiger partial charge in [0.1, 0.15) is 0 Å². The van der Waals surface area contributed by atoms with Crippen LogP contribution in [0.1, 0.15) is 57.2 Å². The fourth-order valence-corrected chi connectivity index (χ4v) is 4.77. The topological polar surface area (TPSA) is 3.24 Å². The van der Waals surface area contributed by atoms with Gasteiger partial charge in [-0.2, -0.15) is 0 Å². The first kappa shape index (κ1) is 16.5. The van der Waals surface area contributed by atoms with Crippen molar-refractivity contribution in [1.82, 2.24) is 4.90 Å². The third-order valence-electron chi connectivity index (χ3n) is 4.38. The van der Waals surface area contributed by atoms with Crippen LogP contribution in [0.15, 0.2) is 17.5 Å². The number of hydrogen-bond donors (Lipinski definition) is 0. The molecule has 1 aliphatic rings. The van der Waals surface area contributed by atoms with Crippen molar-refractivity contribution < 1.29 is 0 Å². The molecule has 1 nitrogen and oxygen atoms in total. The Balaban J connectivity index is 2.03.